The number of carbonyl (C=O) groups is 3. The summed E-state index contributed by atoms with van der Waals surface area (Å²) in [6.07, 6.45) is 1.61. The van der Waals surface area contributed by atoms with Gasteiger partial charge in [0.2, 0.25) is 5.91 Å². The number of hydrogen-bond donors (Lipinski definition) is 2. The number of nitrogens with one attached hydrogen (secondary N) is 2. The number of cyclic esters (lactones) is 1. The third-order valence-electron chi connectivity index (χ3n) is 5.95. The normalized spacial score (nSPS) is 18.2. The summed E-state index contributed by atoms with van der Waals surface area (Å²) in [5, 5.41) is 5.81. The lowest BCUT2D eigenvalue weighted by atomic mass is 9.95. The van der Waals surface area contributed by atoms with E-state index in [1.807, 2.05) is 50.2 Å². The first-order chi connectivity index (χ1) is 16.5. The van der Waals surface area contributed by atoms with Gasteiger partial charge < -0.3 is 20.1 Å². The van der Waals surface area contributed by atoms with Gasteiger partial charge in [-0.25, -0.2) is 9.59 Å². The summed E-state index contributed by atoms with van der Waals surface area (Å²) in [6, 6.07) is 16.1. The van der Waals surface area contributed by atoms with E-state index < -0.39 is 18.0 Å². The highest BCUT2D eigenvalue weighted by atomic mass is 16.5. The van der Waals surface area contributed by atoms with Crippen molar-refractivity contribution in [1.29, 1.82) is 0 Å². The number of benzene rings is 2. The number of ether oxygens (including phenoxy) is 2. The summed E-state index contributed by atoms with van der Waals surface area (Å²) in [5.74, 6) is -0.219. The minimum Gasteiger partial charge on any atom is -0.494 e. The molecule has 0 saturated carbocycles. The van der Waals surface area contributed by atoms with Gasteiger partial charge in [0.25, 0.3) is 0 Å². The van der Waals surface area contributed by atoms with Gasteiger partial charge in [-0.2, -0.15) is 0 Å². The van der Waals surface area contributed by atoms with Gasteiger partial charge in [0.15, 0.2) is 0 Å². The fourth-order valence-corrected chi connectivity index (χ4v) is 4.28. The second-order valence-electron chi connectivity index (χ2n) is 8.37. The van der Waals surface area contributed by atoms with Gasteiger partial charge in [-0.1, -0.05) is 48.5 Å². The monoisotopic (exact) mass is 463 g/mol. The van der Waals surface area contributed by atoms with Crippen molar-refractivity contribution in [1.82, 2.24) is 15.5 Å². The molecule has 4 rings (SSSR count). The van der Waals surface area contributed by atoms with Crippen LogP contribution in [0.15, 0.2) is 65.9 Å². The predicted molar refractivity (Wildman–Crippen MR) is 126 cm³/mol. The third-order valence-corrected chi connectivity index (χ3v) is 5.95. The maximum Gasteiger partial charge on any atom is 0.338 e. The van der Waals surface area contributed by atoms with Crippen molar-refractivity contribution < 1.29 is 23.9 Å². The Bertz CT molecular complexity index is 1100. The Morgan fingerprint density at radius 3 is 2.68 bits per heavy atom. The van der Waals surface area contributed by atoms with Crippen LogP contribution in [0.1, 0.15) is 37.4 Å². The van der Waals surface area contributed by atoms with Crippen LogP contribution in [-0.4, -0.2) is 48.6 Å². The van der Waals surface area contributed by atoms with Gasteiger partial charge in [0.1, 0.15) is 18.9 Å². The zero-order valence-electron chi connectivity index (χ0n) is 19.4. The van der Waals surface area contributed by atoms with E-state index in [0.29, 0.717) is 29.2 Å². The van der Waals surface area contributed by atoms with Crippen molar-refractivity contribution >= 4 is 17.9 Å². The van der Waals surface area contributed by atoms with E-state index >= 15 is 0 Å². The van der Waals surface area contributed by atoms with Crippen LogP contribution < -0.4 is 15.4 Å². The first-order valence-corrected chi connectivity index (χ1v) is 11.5. The lowest BCUT2D eigenvalue weighted by Crippen LogP contribution is -2.51. The molecular weight excluding hydrogens is 434 g/mol. The topological polar surface area (TPSA) is 97.0 Å². The maximum absolute atomic E-state index is 13.0. The summed E-state index contributed by atoms with van der Waals surface area (Å²) < 4.78 is 11.0. The van der Waals surface area contributed by atoms with Gasteiger partial charge in [-0.05, 0) is 38.3 Å². The molecule has 2 N–H and O–H groups in total. The first-order valence-electron chi connectivity index (χ1n) is 11.5. The summed E-state index contributed by atoms with van der Waals surface area (Å²) in [5.41, 5.74) is 2.62. The zero-order chi connectivity index (χ0) is 24.1. The summed E-state index contributed by atoms with van der Waals surface area (Å²) in [6.45, 7) is 4.00. The van der Waals surface area contributed by atoms with Gasteiger partial charge in [-0.3, -0.25) is 9.69 Å². The molecule has 2 aromatic carbocycles. The van der Waals surface area contributed by atoms with Crippen LogP contribution in [0, 0.1) is 0 Å². The number of nitrogens with zero attached hydrogens (tertiary/aromatic N) is 1. The van der Waals surface area contributed by atoms with E-state index in [1.54, 1.807) is 6.07 Å². The van der Waals surface area contributed by atoms with Gasteiger partial charge >= 0.3 is 12.0 Å². The standard InChI is InChI=1S/C26H29N3O5/c1-3-33-21-12-8-7-11-19(21)24-23-20(16-34-25(23)31)29(26(32)28-24)15-22(30)27-17(2)13-14-18-9-5-4-6-10-18/h4-12,17,24H,3,13-16H2,1-2H3,(H,27,30)(H,28,32)/t17-,24+/m1/s1. The second kappa shape index (κ2) is 10.4. The maximum atomic E-state index is 13.0. The number of carbonyl (C=O) groups excluding carboxylic acids is 3. The summed E-state index contributed by atoms with van der Waals surface area (Å²) in [4.78, 5) is 39.6. The molecule has 8 nitrogen and oxygen atoms in total. The molecular formula is C26H29N3O5. The number of hydrogen-bond acceptors (Lipinski definition) is 5. The fraction of sp³-hybridized carbons (Fsp3) is 0.346. The molecule has 8 heteroatoms. The van der Waals surface area contributed by atoms with E-state index in [1.165, 1.54) is 10.5 Å². The highest BCUT2D eigenvalue weighted by molar-refractivity contribution is 5.98. The third kappa shape index (κ3) is 5.06. The average molecular weight is 464 g/mol. The van der Waals surface area contributed by atoms with Crippen LogP contribution in [0.4, 0.5) is 4.79 Å². The molecule has 0 radical (unpaired) electrons. The molecule has 0 spiro atoms. The molecule has 2 aliphatic heterocycles. The Kier molecular flexibility index (Phi) is 7.15. The summed E-state index contributed by atoms with van der Waals surface area (Å²) in [7, 11) is 0. The van der Waals surface area contributed by atoms with Crippen LogP contribution in [-0.2, 0) is 20.7 Å². The van der Waals surface area contributed by atoms with Gasteiger partial charge in [-0.15, -0.1) is 0 Å². The SMILES string of the molecule is CCOc1ccccc1[C@@H]1NC(=O)N(CC(=O)N[C@H](C)CCc2ccccc2)C2=C1C(=O)OC2. The lowest BCUT2D eigenvalue weighted by molar-refractivity contribution is -0.136. The molecule has 2 aliphatic rings. The Balaban J connectivity index is 1.47. The number of amides is 3. The molecule has 178 valence electrons. The second-order valence-corrected chi connectivity index (χ2v) is 8.37. The quantitative estimate of drug-likeness (QED) is 0.557. The minimum absolute atomic E-state index is 0.0499. The fourth-order valence-electron chi connectivity index (χ4n) is 4.28. The molecule has 2 atom stereocenters. The molecule has 0 bridgehead atoms. The van der Waals surface area contributed by atoms with E-state index in [4.69, 9.17) is 9.47 Å². The van der Waals surface area contributed by atoms with Gasteiger partial charge in [0.05, 0.1) is 23.9 Å². The highest BCUT2D eigenvalue weighted by Gasteiger charge is 2.43. The number of rotatable bonds is 9. The highest BCUT2D eigenvalue weighted by Crippen LogP contribution is 2.38. The zero-order valence-corrected chi connectivity index (χ0v) is 19.4. The molecule has 2 heterocycles. The average Bonchev–Trinajstić information content (AvgIpc) is 3.22. The van der Waals surface area contributed by atoms with E-state index in [9.17, 15) is 14.4 Å². The lowest BCUT2D eigenvalue weighted by Gasteiger charge is -2.33. The van der Waals surface area contributed by atoms with Crippen molar-refractivity contribution in [3.8, 4) is 5.75 Å². The van der Waals surface area contributed by atoms with Crippen molar-refractivity contribution in [3.63, 3.8) is 0 Å². The van der Waals surface area contributed by atoms with Crippen molar-refractivity contribution in [2.45, 2.75) is 38.8 Å². The Hall–Kier alpha value is -3.81. The molecule has 0 aromatic heterocycles. The van der Waals surface area contributed by atoms with Crippen LogP contribution in [0.2, 0.25) is 0 Å². The molecule has 0 aliphatic carbocycles. The van der Waals surface area contributed by atoms with Crippen LogP contribution in [0.3, 0.4) is 0 Å². The first kappa shape index (κ1) is 23.4. The molecule has 3 amide bonds. The van der Waals surface area contributed by atoms with Crippen LogP contribution in [0.25, 0.3) is 0 Å². The van der Waals surface area contributed by atoms with E-state index in [0.717, 1.165) is 12.8 Å². The smallest absolute Gasteiger partial charge is 0.338 e. The number of esters is 1. The Morgan fingerprint density at radius 1 is 1.18 bits per heavy atom. The summed E-state index contributed by atoms with van der Waals surface area (Å²) >= 11 is 0. The van der Waals surface area contributed by atoms with Crippen molar-refractivity contribution in [2.24, 2.45) is 0 Å². The number of para-hydroxylation sites is 1. The Morgan fingerprint density at radius 2 is 1.91 bits per heavy atom. The van der Waals surface area contributed by atoms with E-state index in [2.05, 4.69) is 22.8 Å². The van der Waals surface area contributed by atoms with Crippen molar-refractivity contribution in [2.75, 3.05) is 19.8 Å². The molecule has 0 unspecified atom stereocenters. The van der Waals surface area contributed by atoms with Crippen molar-refractivity contribution in [3.05, 3.63) is 77.0 Å². The number of urea groups is 1. The van der Waals surface area contributed by atoms with Crippen LogP contribution >= 0.6 is 0 Å². The number of aryl methyl sites for hydroxylation is 1. The largest absolute Gasteiger partial charge is 0.494 e. The van der Waals surface area contributed by atoms with Crippen LogP contribution in [0.5, 0.6) is 5.75 Å². The molecule has 0 fully saturated rings. The molecule has 34 heavy (non-hydrogen) atoms. The minimum atomic E-state index is -0.704. The predicted octanol–water partition coefficient (Wildman–Crippen LogP) is 3.10. The van der Waals surface area contributed by atoms with E-state index in [-0.39, 0.29) is 25.1 Å². The molecule has 2 aromatic rings. The Labute approximate surface area is 198 Å². The molecule has 0 saturated heterocycles. The van der Waals surface area contributed by atoms with Gasteiger partial charge in [0, 0.05) is 11.6 Å².